The lowest BCUT2D eigenvalue weighted by Gasteiger charge is -2.18. The molecule has 20 heavy (non-hydrogen) atoms. The molecule has 5 nitrogen and oxygen atoms in total. The highest BCUT2D eigenvalue weighted by Gasteiger charge is 2.09. The largest absolute Gasteiger partial charge is 0.370 e. The molecule has 0 saturated carbocycles. The quantitative estimate of drug-likeness (QED) is 0.778. The van der Waals surface area contributed by atoms with Gasteiger partial charge < -0.3 is 10.2 Å². The SMILES string of the molecule is CCN(CC)C(=O)CCCNc1nc(C)nc(C)c1C. The summed E-state index contributed by atoms with van der Waals surface area (Å²) in [6.07, 6.45) is 1.40. The van der Waals surface area contributed by atoms with Gasteiger partial charge in [0.15, 0.2) is 0 Å². The molecule has 0 aliphatic carbocycles. The van der Waals surface area contributed by atoms with E-state index in [1.807, 2.05) is 39.5 Å². The number of rotatable bonds is 7. The monoisotopic (exact) mass is 278 g/mol. The van der Waals surface area contributed by atoms with E-state index < -0.39 is 0 Å². The highest BCUT2D eigenvalue weighted by atomic mass is 16.2. The third-order valence-electron chi connectivity index (χ3n) is 3.48. The molecule has 0 aromatic carbocycles. The van der Waals surface area contributed by atoms with Gasteiger partial charge in [-0.25, -0.2) is 9.97 Å². The molecule has 0 saturated heterocycles. The molecule has 1 aromatic rings. The Morgan fingerprint density at radius 1 is 1.15 bits per heavy atom. The maximum Gasteiger partial charge on any atom is 0.222 e. The van der Waals surface area contributed by atoms with Crippen LogP contribution in [0.2, 0.25) is 0 Å². The van der Waals surface area contributed by atoms with E-state index in [0.29, 0.717) is 6.42 Å². The standard InChI is InChI=1S/C15H26N4O/c1-6-19(7-2)14(20)9-8-10-16-15-11(3)12(4)17-13(5)18-15/h6-10H2,1-5H3,(H,16,17,18). The predicted molar refractivity (Wildman–Crippen MR) is 81.9 cm³/mol. The third-order valence-corrected chi connectivity index (χ3v) is 3.48. The third kappa shape index (κ3) is 4.47. The summed E-state index contributed by atoms with van der Waals surface area (Å²) in [6, 6.07) is 0. The summed E-state index contributed by atoms with van der Waals surface area (Å²) >= 11 is 0. The zero-order valence-electron chi connectivity index (χ0n) is 13.3. The van der Waals surface area contributed by atoms with Gasteiger partial charge in [0.1, 0.15) is 11.6 Å². The number of nitrogens with zero attached hydrogens (tertiary/aromatic N) is 3. The molecule has 5 heteroatoms. The Bertz CT molecular complexity index is 455. The molecule has 1 heterocycles. The van der Waals surface area contributed by atoms with E-state index in [1.165, 1.54) is 0 Å². The Balaban J connectivity index is 2.44. The van der Waals surface area contributed by atoms with Gasteiger partial charge in [0.2, 0.25) is 5.91 Å². The van der Waals surface area contributed by atoms with Crippen molar-refractivity contribution < 1.29 is 4.79 Å². The van der Waals surface area contributed by atoms with E-state index in [9.17, 15) is 4.79 Å². The molecule has 0 bridgehead atoms. The van der Waals surface area contributed by atoms with Crippen LogP contribution in [-0.2, 0) is 4.79 Å². The first kappa shape index (κ1) is 16.4. The van der Waals surface area contributed by atoms with E-state index in [0.717, 1.165) is 49.0 Å². The minimum atomic E-state index is 0.226. The fourth-order valence-electron chi connectivity index (χ4n) is 2.12. The van der Waals surface area contributed by atoms with Gasteiger partial charge >= 0.3 is 0 Å². The number of hydrogen-bond acceptors (Lipinski definition) is 4. The first-order valence-electron chi connectivity index (χ1n) is 7.33. The Hall–Kier alpha value is -1.65. The highest BCUT2D eigenvalue weighted by molar-refractivity contribution is 5.76. The van der Waals surface area contributed by atoms with Crippen LogP contribution in [-0.4, -0.2) is 40.4 Å². The van der Waals surface area contributed by atoms with Gasteiger partial charge in [-0.2, -0.15) is 0 Å². The molecule has 1 amide bonds. The second-order valence-electron chi connectivity index (χ2n) is 4.93. The first-order chi connectivity index (χ1) is 9.49. The maximum absolute atomic E-state index is 11.9. The van der Waals surface area contributed by atoms with Crippen molar-refractivity contribution in [1.29, 1.82) is 0 Å². The molecular formula is C15H26N4O. The molecule has 1 rings (SSSR count). The van der Waals surface area contributed by atoms with Crippen LogP contribution in [0.1, 0.15) is 43.8 Å². The van der Waals surface area contributed by atoms with Crippen molar-refractivity contribution in [2.24, 2.45) is 0 Å². The lowest BCUT2D eigenvalue weighted by Crippen LogP contribution is -2.30. The minimum absolute atomic E-state index is 0.226. The summed E-state index contributed by atoms with van der Waals surface area (Å²) in [5.41, 5.74) is 2.07. The summed E-state index contributed by atoms with van der Waals surface area (Å²) < 4.78 is 0. The summed E-state index contributed by atoms with van der Waals surface area (Å²) in [6.45, 7) is 12.2. The molecule has 1 aromatic heterocycles. The molecule has 112 valence electrons. The van der Waals surface area contributed by atoms with Gasteiger partial charge in [0, 0.05) is 37.3 Å². The van der Waals surface area contributed by atoms with Crippen LogP contribution in [0, 0.1) is 20.8 Å². The number of carbonyl (C=O) groups excluding carboxylic acids is 1. The Labute approximate surface area is 121 Å². The maximum atomic E-state index is 11.9. The molecule has 0 fully saturated rings. The fraction of sp³-hybridized carbons (Fsp3) is 0.667. The average Bonchev–Trinajstić information content (AvgIpc) is 2.41. The predicted octanol–water partition coefficient (Wildman–Crippen LogP) is 2.46. The Kier molecular flexibility index (Phi) is 6.42. The first-order valence-corrected chi connectivity index (χ1v) is 7.33. The summed E-state index contributed by atoms with van der Waals surface area (Å²) in [5, 5.41) is 3.30. The smallest absolute Gasteiger partial charge is 0.222 e. The topological polar surface area (TPSA) is 58.1 Å². The van der Waals surface area contributed by atoms with E-state index in [-0.39, 0.29) is 5.91 Å². The lowest BCUT2D eigenvalue weighted by atomic mass is 10.2. The average molecular weight is 278 g/mol. The molecule has 0 aliphatic heterocycles. The van der Waals surface area contributed by atoms with Crippen molar-refractivity contribution in [3.63, 3.8) is 0 Å². The van der Waals surface area contributed by atoms with Crippen molar-refractivity contribution >= 4 is 11.7 Å². The molecule has 0 radical (unpaired) electrons. The van der Waals surface area contributed by atoms with E-state index in [1.54, 1.807) is 0 Å². The number of hydrogen-bond donors (Lipinski definition) is 1. The number of aromatic nitrogens is 2. The van der Waals surface area contributed by atoms with Crippen molar-refractivity contribution in [2.75, 3.05) is 25.0 Å². The summed E-state index contributed by atoms with van der Waals surface area (Å²) in [7, 11) is 0. The van der Waals surface area contributed by atoms with Crippen LogP contribution < -0.4 is 5.32 Å². The summed E-state index contributed by atoms with van der Waals surface area (Å²) in [5.74, 6) is 1.88. The zero-order chi connectivity index (χ0) is 15.1. The number of anilines is 1. The van der Waals surface area contributed by atoms with Crippen molar-refractivity contribution in [1.82, 2.24) is 14.9 Å². The van der Waals surface area contributed by atoms with Crippen LogP contribution in [0.15, 0.2) is 0 Å². The molecule has 1 N–H and O–H groups in total. The van der Waals surface area contributed by atoms with E-state index in [4.69, 9.17) is 0 Å². The van der Waals surface area contributed by atoms with Crippen LogP contribution in [0.5, 0.6) is 0 Å². The minimum Gasteiger partial charge on any atom is -0.370 e. The van der Waals surface area contributed by atoms with Gasteiger partial charge in [-0.15, -0.1) is 0 Å². The highest BCUT2D eigenvalue weighted by Crippen LogP contribution is 2.14. The summed E-state index contributed by atoms with van der Waals surface area (Å²) in [4.78, 5) is 22.5. The fourth-order valence-corrected chi connectivity index (χ4v) is 2.12. The van der Waals surface area contributed by atoms with Crippen LogP contribution in [0.25, 0.3) is 0 Å². The second kappa shape index (κ2) is 7.82. The van der Waals surface area contributed by atoms with Crippen LogP contribution in [0.4, 0.5) is 5.82 Å². The van der Waals surface area contributed by atoms with Crippen molar-refractivity contribution in [2.45, 2.75) is 47.5 Å². The molecule has 0 spiro atoms. The Morgan fingerprint density at radius 2 is 1.80 bits per heavy atom. The van der Waals surface area contributed by atoms with Gasteiger partial charge in [0.25, 0.3) is 0 Å². The molecule has 0 atom stereocenters. The van der Waals surface area contributed by atoms with E-state index in [2.05, 4.69) is 15.3 Å². The van der Waals surface area contributed by atoms with Crippen molar-refractivity contribution in [3.05, 3.63) is 17.1 Å². The van der Waals surface area contributed by atoms with Crippen molar-refractivity contribution in [3.8, 4) is 0 Å². The normalized spacial score (nSPS) is 10.4. The van der Waals surface area contributed by atoms with Gasteiger partial charge in [-0.1, -0.05) is 0 Å². The number of amides is 1. The number of nitrogens with one attached hydrogen (secondary N) is 1. The zero-order valence-corrected chi connectivity index (χ0v) is 13.3. The molecular weight excluding hydrogens is 252 g/mol. The van der Waals surface area contributed by atoms with Gasteiger partial charge in [0.05, 0.1) is 0 Å². The Morgan fingerprint density at radius 3 is 2.40 bits per heavy atom. The van der Waals surface area contributed by atoms with Crippen LogP contribution >= 0.6 is 0 Å². The molecule has 0 aliphatic rings. The van der Waals surface area contributed by atoms with Gasteiger partial charge in [-0.3, -0.25) is 4.79 Å². The van der Waals surface area contributed by atoms with Gasteiger partial charge in [-0.05, 0) is 41.0 Å². The number of aryl methyl sites for hydroxylation is 2. The number of carbonyl (C=O) groups is 1. The van der Waals surface area contributed by atoms with Crippen LogP contribution in [0.3, 0.4) is 0 Å². The lowest BCUT2D eigenvalue weighted by molar-refractivity contribution is -0.130. The molecule has 0 unspecified atom stereocenters. The second-order valence-corrected chi connectivity index (χ2v) is 4.93. The van der Waals surface area contributed by atoms with E-state index >= 15 is 0 Å².